The molecule has 2 rings (SSSR count). The maximum absolute atomic E-state index is 5.58. The number of anilines is 1. The van der Waals surface area contributed by atoms with E-state index < -0.39 is 0 Å². The normalized spacial score (nSPS) is 10.2. The van der Waals surface area contributed by atoms with E-state index in [9.17, 15) is 0 Å². The lowest BCUT2D eigenvalue weighted by Crippen LogP contribution is -1.93. The van der Waals surface area contributed by atoms with Gasteiger partial charge in [0.1, 0.15) is 5.69 Å². The molecule has 2 aromatic rings. The zero-order valence-electron chi connectivity index (χ0n) is 7.05. The lowest BCUT2D eigenvalue weighted by Gasteiger charge is -1.94. The van der Waals surface area contributed by atoms with Crippen molar-refractivity contribution < 1.29 is 0 Å². The Morgan fingerprint density at radius 1 is 1.46 bits per heavy atom. The molecule has 0 fully saturated rings. The zero-order chi connectivity index (χ0) is 9.26. The van der Waals surface area contributed by atoms with Crippen molar-refractivity contribution in [1.82, 2.24) is 25.2 Å². The number of pyridine rings is 1. The van der Waals surface area contributed by atoms with Crippen molar-refractivity contribution in [2.75, 3.05) is 5.73 Å². The van der Waals surface area contributed by atoms with E-state index in [1.165, 1.54) is 4.80 Å². The van der Waals surface area contributed by atoms with Crippen LogP contribution >= 0.6 is 0 Å². The van der Waals surface area contributed by atoms with Crippen molar-refractivity contribution in [3.05, 3.63) is 18.3 Å². The van der Waals surface area contributed by atoms with Gasteiger partial charge in [0.15, 0.2) is 0 Å². The van der Waals surface area contributed by atoms with Gasteiger partial charge < -0.3 is 5.73 Å². The highest BCUT2D eigenvalue weighted by molar-refractivity contribution is 5.54. The van der Waals surface area contributed by atoms with E-state index in [-0.39, 0.29) is 0 Å². The fraction of sp³-hybridized carbons (Fsp3) is 0.143. The molecular formula is C7H8N6. The molecule has 0 unspecified atom stereocenters. The van der Waals surface area contributed by atoms with Gasteiger partial charge in [0.25, 0.3) is 0 Å². The lowest BCUT2D eigenvalue weighted by molar-refractivity contribution is 0.630. The Morgan fingerprint density at radius 3 is 2.92 bits per heavy atom. The summed E-state index contributed by atoms with van der Waals surface area (Å²) < 4.78 is 0. The minimum Gasteiger partial charge on any atom is -0.399 e. The van der Waals surface area contributed by atoms with Gasteiger partial charge in [-0.05, 0) is 17.3 Å². The van der Waals surface area contributed by atoms with Crippen LogP contribution in [0.1, 0.15) is 0 Å². The highest BCUT2D eigenvalue weighted by atomic mass is 15.6. The Balaban J connectivity index is 2.46. The standard InChI is InChI=1S/C7H8N6/c1-13-11-7(10-12-13)6-4-5(8)2-3-9-6/h2-4H,1H3,(H2,8,9). The van der Waals surface area contributed by atoms with Crippen molar-refractivity contribution in [2.45, 2.75) is 0 Å². The number of nitrogens with two attached hydrogens (primary N) is 1. The van der Waals surface area contributed by atoms with Crippen molar-refractivity contribution in [2.24, 2.45) is 7.05 Å². The lowest BCUT2D eigenvalue weighted by atomic mass is 10.3. The molecule has 6 nitrogen and oxygen atoms in total. The second-order valence-electron chi connectivity index (χ2n) is 2.58. The Morgan fingerprint density at radius 2 is 2.31 bits per heavy atom. The minimum absolute atomic E-state index is 0.481. The summed E-state index contributed by atoms with van der Waals surface area (Å²) in [5, 5.41) is 11.5. The van der Waals surface area contributed by atoms with Gasteiger partial charge in [-0.15, -0.1) is 10.2 Å². The average Bonchev–Trinajstić information content (AvgIpc) is 2.52. The molecule has 0 bridgehead atoms. The quantitative estimate of drug-likeness (QED) is 0.653. The van der Waals surface area contributed by atoms with E-state index in [2.05, 4.69) is 20.4 Å². The molecule has 0 aromatic carbocycles. The summed E-state index contributed by atoms with van der Waals surface area (Å²) in [6, 6.07) is 3.41. The van der Waals surface area contributed by atoms with Crippen molar-refractivity contribution in [3.63, 3.8) is 0 Å². The van der Waals surface area contributed by atoms with Gasteiger partial charge in [-0.25, -0.2) is 0 Å². The van der Waals surface area contributed by atoms with Crippen molar-refractivity contribution in [1.29, 1.82) is 0 Å². The summed E-state index contributed by atoms with van der Waals surface area (Å²) in [6.07, 6.45) is 1.61. The van der Waals surface area contributed by atoms with E-state index in [1.807, 2.05) is 0 Å². The molecule has 2 N–H and O–H groups in total. The smallest absolute Gasteiger partial charge is 0.223 e. The van der Waals surface area contributed by atoms with Crippen LogP contribution in [0.3, 0.4) is 0 Å². The summed E-state index contributed by atoms with van der Waals surface area (Å²) in [6.45, 7) is 0. The molecule has 66 valence electrons. The summed E-state index contributed by atoms with van der Waals surface area (Å²) >= 11 is 0. The first-order chi connectivity index (χ1) is 6.25. The number of tetrazole rings is 1. The summed E-state index contributed by atoms with van der Waals surface area (Å²) in [5.74, 6) is 0.481. The first kappa shape index (κ1) is 7.66. The fourth-order valence-electron chi connectivity index (χ4n) is 0.956. The third-order valence-corrected chi connectivity index (χ3v) is 1.52. The number of nitrogens with zero attached hydrogens (tertiary/aromatic N) is 5. The molecule has 6 heteroatoms. The Labute approximate surface area is 74.4 Å². The molecule has 0 amide bonds. The molecule has 0 saturated carbocycles. The van der Waals surface area contributed by atoms with Gasteiger partial charge in [-0.1, -0.05) is 0 Å². The number of rotatable bonds is 1. The maximum atomic E-state index is 5.58. The van der Waals surface area contributed by atoms with E-state index in [0.29, 0.717) is 17.2 Å². The van der Waals surface area contributed by atoms with Gasteiger partial charge in [0, 0.05) is 11.9 Å². The van der Waals surface area contributed by atoms with Crippen LogP contribution in [0.15, 0.2) is 18.3 Å². The Hall–Kier alpha value is -1.98. The molecule has 0 saturated heterocycles. The zero-order valence-corrected chi connectivity index (χ0v) is 7.05. The number of hydrogen-bond donors (Lipinski definition) is 1. The number of aromatic nitrogens is 5. The highest BCUT2D eigenvalue weighted by Gasteiger charge is 2.04. The Kier molecular flexibility index (Phi) is 1.66. The number of aryl methyl sites for hydroxylation is 1. The maximum Gasteiger partial charge on any atom is 0.223 e. The average molecular weight is 176 g/mol. The van der Waals surface area contributed by atoms with Crippen LogP contribution in [-0.4, -0.2) is 25.2 Å². The van der Waals surface area contributed by atoms with Crippen LogP contribution in [0.4, 0.5) is 5.69 Å². The van der Waals surface area contributed by atoms with Crippen LogP contribution in [0.2, 0.25) is 0 Å². The number of nitrogen functional groups attached to an aromatic ring is 1. The van der Waals surface area contributed by atoms with Gasteiger partial charge in [0.05, 0.1) is 7.05 Å². The van der Waals surface area contributed by atoms with Crippen LogP contribution < -0.4 is 5.73 Å². The second kappa shape index (κ2) is 2.81. The monoisotopic (exact) mass is 176 g/mol. The van der Waals surface area contributed by atoms with Crippen LogP contribution in [0.5, 0.6) is 0 Å². The third-order valence-electron chi connectivity index (χ3n) is 1.52. The van der Waals surface area contributed by atoms with Crippen LogP contribution in [0, 0.1) is 0 Å². The summed E-state index contributed by atoms with van der Waals surface area (Å²) in [4.78, 5) is 5.44. The van der Waals surface area contributed by atoms with Gasteiger partial charge in [-0.2, -0.15) is 4.80 Å². The molecule has 2 heterocycles. The van der Waals surface area contributed by atoms with Crippen molar-refractivity contribution >= 4 is 5.69 Å². The molecule has 2 aromatic heterocycles. The predicted octanol–water partition coefficient (Wildman–Crippen LogP) is -0.146. The first-order valence-corrected chi connectivity index (χ1v) is 3.71. The molecule has 0 atom stereocenters. The first-order valence-electron chi connectivity index (χ1n) is 3.71. The molecule has 0 aliphatic rings. The van der Waals surface area contributed by atoms with Gasteiger partial charge in [0.2, 0.25) is 5.82 Å². The minimum atomic E-state index is 0.481. The topological polar surface area (TPSA) is 82.5 Å². The molecular weight excluding hydrogens is 168 g/mol. The van der Waals surface area contributed by atoms with Gasteiger partial charge in [-0.3, -0.25) is 4.98 Å². The van der Waals surface area contributed by atoms with E-state index in [0.717, 1.165) is 0 Å². The van der Waals surface area contributed by atoms with Gasteiger partial charge >= 0.3 is 0 Å². The van der Waals surface area contributed by atoms with Crippen LogP contribution in [-0.2, 0) is 7.05 Å². The SMILES string of the molecule is Cn1nnc(-c2cc(N)ccn2)n1. The number of hydrogen-bond acceptors (Lipinski definition) is 5. The second-order valence-corrected chi connectivity index (χ2v) is 2.58. The molecule has 0 aliphatic heterocycles. The summed E-state index contributed by atoms with van der Waals surface area (Å²) in [5.41, 5.74) is 6.85. The van der Waals surface area contributed by atoms with E-state index in [1.54, 1.807) is 25.4 Å². The third kappa shape index (κ3) is 1.46. The molecule has 13 heavy (non-hydrogen) atoms. The Bertz CT molecular complexity index is 420. The molecule has 0 aliphatic carbocycles. The van der Waals surface area contributed by atoms with Crippen LogP contribution in [0.25, 0.3) is 11.5 Å². The van der Waals surface area contributed by atoms with E-state index >= 15 is 0 Å². The fourth-order valence-corrected chi connectivity index (χ4v) is 0.956. The summed E-state index contributed by atoms with van der Waals surface area (Å²) in [7, 11) is 1.70. The van der Waals surface area contributed by atoms with Crippen molar-refractivity contribution in [3.8, 4) is 11.5 Å². The largest absolute Gasteiger partial charge is 0.399 e. The highest BCUT2D eigenvalue weighted by Crippen LogP contribution is 2.12. The molecule has 0 spiro atoms. The van der Waals surface area contributed by atoms with E-state index in [4.69, 9.17) is 5.73 Å². The molecule has 0 radical (unpaired) electrons. The predicted molar refractivity (Wildman–Crippen MR) is 46.4 cm³/mol.